The Morgan fingerprint density at radius 1 is 1.44 bits per heavy atom. The van der Waals surface area contributed by atoms with Crippen molar-refractivity contribution in [2.24, 2.45) is 0 Å². The fourth-order valence-electron chi connectivity index (χ4n) is 1.22. The smallest absolute Gasteiger partial charge is 0.236 e. The second-order valence-electron chi connectivity index (χ2n) is 3.98. The molecule has 3 nitrogen and oxygen atoms in total. The molecule has 1 aromatic carbocycles. The first-order valence-electron chi connectivity index (χ1n) is 5.16. The average Bonchev–Trinajstić information content (AvgIpc) is 2.23. The predicted octanol–water partition coefficient (Wildman–Crippen LogP) is 1.31. The Labute approximate surface area is 95.3 Å². The molecule has 0 saturated carbocycles. The normalized spacial score (nSPS) is 10.2. The van der Waals surface area contributed by atoms with Crippen LogP contribution in [0.1, 0.15) is 11.1 Å². The van der Waals surface area contributed by atoms with Crippen LogP contribution < -0.4 is 5.32 Å². The van der Waals surface area contributed by atoms with Crippen LogP contribution in [0.4, 0.5) is 4.39 Å². The van der Waals surface area contributed by atoms with E-state index >= 15 is 0 Å². The van der Waals surface area contributed by atoms with Crippen LogP contribution in [-0.2, 0) is 11.3 Å². The molecular weight excluding hydrogens is 207 g/mol. The van der Waals surface area contributed by atoms with Gasteiger partial charge in [0, 0.05) is 20.6 Å². The van der Waals surface area contributed by atoms with Crippen molar-refractivity contribution >= 4 is 5.91 Å². The minimum absolute atomic E-state index is 0.00702. The van der Waals surface area contributed by atoms with E-state index in [1.807, 2.05) is 6.07 Å². The summed E-state index contributed by atoms with van der Waals surface area (Å²) in [5.74, 6) is -0.203. The molecule has 1 N–H and O–H groups in total. The number of nitrogens with one attached hydrogen (secondary N) is 1. The molecule has 4 heteroatoms. The van der Waals surface area contributed by atoms with Crippen LogP contribution in [0.3, 0.4) is 0 Å². The maximum absolute atomic E-state index is 13.2. The quantitative estimate of drug-likeness (QED) is 0.836. The van der Waals surface area contributed by atoms with Crippen LogP contribution in [0.15, 0.2) is 18.2 Å². The molecule has 0 aliphatic carbocycles. The van der Waals surface area contributed by atoms with E-state index in [4.69, 9.17) is 0 Å². The van der Waals surface area contributed by atoms with Gasteiger partial charge in [-0.3, -0.25) is 4.79 Å². The molecule has 0 aliphatic rings. The number of aryl methyl sites for hydroxylation is 1. The third kappa shape index (κ3) is 3.62. The molecule has 0 unspecified atom stereocenters. The number of benzene rings is 1. The first-order valence-corrected chi connectivity index (χ1v) is 5.16. The molecule has 0 bridgehead atoms. The number of rotatable bonds is 4. The van der Waals surface area contributed by atoms with Crippen molar-refractivity contribution in [3.63, 3.8) is 0 Å². The van der Waals surface area contributed by atoms with Crippen molar-refractivity contribution in [2.45, 2.75) is 13.5 Å². The molecule has 0 aromatic heterocycles. The number of likely N-dealkylation sites (N-methyl/N-ethyl adjacent to an activating group) is 1. The zero-order chi connectivity index (χ0) is 12.1. The zero-order valence-corrected chi connectivity index (χ0v) is 9.88. The topological polar surface area (TPSA) is 32.3 Å². The van der Waals surface area contributed by atoms with Gasteiger partial charge in [0.1, 0.15) is 5.82 Å². The summed E-state index contributed by atoms with van der Waals surface area (Å²) in [5, 5.41) is 2.97. The van der Waals surface area contributed by atoms with Crippen molar-refractivity contribution in [3.8, 4) is 0 Å². The highest BCUT2D eigenvalue weighted by molar-refractivity contribution is 5.77. The van der Waals surface area contributed by atoms with E-state index in [0.717, 1.165) is 5.56 Å². The van der Waals surface area contributed by atoms with E-state index in [2.05, 4.69) is 5.32 Å². The Kier molecular flexibility index (Phi) is 4.43. The van der Waals surface area contributed by atoms with Crippen molar-refractivity contribution in [1.82, 2.24) is 10.2 Å². The number of carbonyl (C=O) groups excluding carboxylic acids is 1. The summed E-state index contributed by atoms with van der Waals surface area (Å²) in [4.78, 5) is 12.8. The Balaban J connectivity index is 2.43. The summed E-state index contributed by atoms with van der Waals surface area (Å²) in [6.45, 7) is 2.49. The molecule has 1 amide bonds. The fourth-order valence-corrected chi connectivity index (χ4v) is 1.22. The van der Waals surface area contributed by atoms with Gasteiger partial charge in [0.05, 0.1) is 6.54 Å². The summed E-state index contributed by atoms with van der Waals surface area (Å²) < 4.78 is 13.2. The predicted molar refractivity (Wildman–Crippen MR) is 61.5 cm³/mol. The highest BCUT2D eigenvalue weighted by Gasteiger charge is 2.03. The number of amides is 1. The largest absolute Gasteiger partial charge is 0.348 e. The lowest BCUT2D eigenvalue weighted by molar-refractivity contribution is -0.127. The minimum atomic E-state index is -0.210. The Bertz CT molecular complexity index is 377. The second kappa shape index (κ2) is 5.61. The number of hydrogen-bond donors (Lipinski definition) is 1. The molecule has 1 aromatic rings. The average molecular weight is 224 g/mol. The van der Waals surface area contributed by atoms with Crippen LogP contribution in [0.2, 0.25) is 0 Å². The maximum Gasteiger partial charge on any atom is 0.236 e. The van der Waals surface area contributed by atoms with Gasteiger partial charge in [0.2, 0.25) is 5.91 Å². The van der Waals surface area contributed by atoms with Crippen LogP contribution in [0.25, 0.3) is 0 Å². The maximum atomic E-state index is 13.2. The molecule has 0 fully saturated rings. The standard InChI is InChI=1S/C12H17FN2O/c1-9-4-5-10(6-11(9)13)7-14-8-12(16)15(2)3/h4-6,14H,7-8H2,1-3H3. The van der Waals surface area contributed by atoms with Gasteiger partial charge in [-0.1, -0.05) is 12.1 Å². The van der Waals surface area contributed by atoms with Gasteiger partial charge in [0.25, 0.3) is 0 Å². The number of hydrogen-bond acceptors (Lipinski definition) is 2. The molecular formula is C12H17FN2O. The fraction of sp³-hybridized carbons (Fsp3) is 0.417. The van der Waals surface area contributed by atoms with Crippen molar-refractivity contribution in [2.75, 3.05) is 20.6 Å². The van der Waals surface area contributed by atoms with Crippen LogP contribution >= 0.6 is 0 Å². The Morgan fingerprint density at radius 3 is 2.69 bits per heavy atom. The van der Waals surface area contributed by atoms with Gasteiger partial charge in [-0.2, -0.15) is 0 Å². The molecule has 0 radical (unpaired) electrons. The summed E-state index contributed by atoms with van der Waals surface area (Å²) in [6, 6.07) is 5.08. The second-order valence-corrected chi connectivity index (χ2v) is 3.98. The highest BCUT2D eigenvalue weighted by Crippen LogP contribution is 2.08. The van der Waals surface area contributed by atoms with Gasteiger partial charge in [-0.15, -0.1) is 0 Å². The van der Waals surface area contributed by atoms with E-state index in [0.29, 0.717) is 12.1 Å². The summed E-state index contributed by atoms with van der Waals surface area (Å²) in [7, 11) is 3.41. The van der Waals surface area contributed by atoms with Gasteiger partial charge in [0.15, 0.2) is 0 Å². The monoisotopic (exact) mass is 224 g/mol. The lowest BCUT2D eigenvalue weighted by atomic mass is 10.1. The number of nitrogens with zero attached hydrogens (tertiary/aromatic N) is 1. The van der Waals surface area contributed by atoms with E-state index in [1.165, 1.54) is 11.0 Å². The summed E-state index contributed by atoms with van der Waals surface area (Å²) >= 11 is 0. The van der Waals surface area contributed by atoms with Crippen LogP contribution in [0.5, 0.6) is 0 Å². The molecule has 16 heavy (non-hydrogen) atoms. The Hall–Kier alpha value is -1.42. The first-order chi connectivity index (χ1) is 7.50. The summed E-state index contributed by atoms with van der Waals surface area (Å²) in [6.07, 6.45) is 0. The number of carbonyl (C=O) groups is 1. The molecule has 0 aliphatic heterocycles. The third-order valence-electron chi connectivity index (χ3n) is 2.34. The lowest BCUT2D eigenvalue weighted by Crippen LogP contribution is -2.32. The van der Waals surface area contributed by atoms with E-state index < -0.39 is 0 Å². The molecule has 0 spiro atoms. The van der Waals surface area contributed by atoms with Gasteiger partial charge < -0.3 is 10.2 Å². The van der Waals surface area contributed by atoms with Crippen LogP contribution in [0, 0.1) is 12.7 Å². The van der Waals surface area contributed by atoms with E-state index in [1.54, 1.807) is 27.1 Å². The molecule has 88 valence electrons. The van der Waals surface area contributed by atoms with E-state index in [-0.39, 0.29) is 18.3 Å². The van der Waals surface area contributed by atoms with Gasteiger partial charge in [-0.05, 0) is 24.1 Å². The zero-order valence-electron chi connectivity index (χ0n) is 9.88. The van der Waals surface area contributed by atoms with Crippen LogP contribution in [-0.4, -0.2) is 31.4 Å². The molecule has 0 atom stereocenters. The van der Waals surface area contributed by atoms with Crippen molar-refractivity contribution in [3.05, 3.63) is 35.1 Å². The molecule has 1 rings (SSSR count). The first kappa shape index (κ1) is 12.6. The summed E-state index contributed by atoms with van der Waals surface area (Å²) in [5.41, 5.74) is 1.47. The van der Waals surface area contributed by atoms with Gasteiger partial charge in [-0.25, -0.2) is 4.39 Å². The Morgan fingerprint density at radius 2 is 2.12 bits per heavy atom. The minimum Gasteiger partial charge on any atom is -0.348 e. The molecule has 0 heterocycles. The van der Waals surface area contributed by atoms with E-state index in [9.17, 15) is 9.18 Å². The van der Waals surface area contributed by atoms with Crippen molar-refractivity contribution in [1.29, 1.82) is 0 Å². The number of halogens is 1. The van der Waals surface area contributed by atoms with Crippen molar-refractivity contribution < 1.29 is 9.18 Å². The molecule has 0 saturated heterocycles. The third-order valence-corrected chi connectivity index (χ3v) is 2.34. The highest BCUT2D eigenvalue weighted by atomic mass is 19.1. The SMILES string of the molecule is Cc1ccc(CNCC(=O)N(C)C)cc1F. The lowest BCUT2D eigenvalue weighted by Gasteiger charge is -2.11. The van der Waals surface area contributed by atoms with Gasteiger partial charge >= 0.3 is 0 Å².